The Balaban J connectivity index is 1.75. The summed E-state index contributed by atoms with van der Waals surface area (Å²) in [6.07, 6.45) is 3.50. The van der Waals surface area contributed by atoms with Crippen LogP contribution in [-0.4, -0.2) is 29.2 Å². The lowest BCUT2D eigenvalue weighted by molar-refractivity contribution is -0.145. The molecule has 1 amide bonds. The molecule has 1 fully saturated rings. The number of carboxylic acids is 1. The Morgan fingerprint density at radius 1 is 1.14 bits per heavy atom. The fraction of sp³-hybridized carbons (Fsp3) is 0.375. The van der Waals surface area contributed by atoms with Gasteiger partial charge in [-0.3, -0.25) is 9.59 Å². The highest BCUT2D eigenvalue weighted by molar-refractivity contribution is 5.96. The molecule has 2 aliphatic rings. The maximum atomic E-state index is 12.4. The van der Waals surface area contributed by atoms with Gasteiger partial charge in [0.05, 0.1) is 18.1 Å². The number of rotatable bonds is 4. The van der Waals surface area contributed by atoms with Crippen molar-refractivity contribution in [3.63, 3.8) is 0 Å². The number of hydrogen-bond donors (Lipinski definition) is 2. The number of carbonyl (C=O) groups is 2. The number of carbonyl (C=O) groups excluding carboxylic acids is 1. The summed E-state index contributed by atoms with van der Waals surface area (Å²) in [5, 5.41) is 12.1. The second-order valence-corrected chi connectivity index (χ2v) is 5.38. The van der Waals surface area contributed by atoms with E-state index in [1.165, 1.54) is 5.56 Å². The molecule has 0 saturated carbocycles. The number of aliphatic carboxylic acids is 1. The Hall–Kier alpha value is -2.14. The van der Waals surface area contributed by atoms with Crippen LogP contribution in [0.15, 0.2) is 36.4 Å². The molecule has 5 heteroatoms. The third-order valence-electron chi connectivity index (χ3n) is 4.12. The van der Waals surface area contributed by atoms with E-state index < -0.39 is 30.0 Å². The Kier molecular flexibility index (Phi) is 3.51. The van der Waals surface area contributed by atoms with Gasteiger partial charge in [0.2, 0.25) is 5.91 Å². The van der Waals surface area contributed by atoms with Gasteiger partial charge < -0.3 is 15.2 Å². The molecule has 2 heterocycles. The van der Waals surface area contributed by atoms with Gasteiger partial charge in [0.15, 0.2) is 0 Å². The molecule has 21 heavy (non-hydrogen) atoms. The topological polar surface area (TPSA) is 75.6 Å². The number of hydrogen-bond acceptors (Lipinski definition) is 3. The molecular formula is C16H17NO4. The molecule has 0 aliphatic carbocycles. The van der Waals surface area contributed by atoms with Crippen molar-refractivity contribution >= 4 is 17.6 Å². The molecule has 0 spiro atoms. The molecule has 1 aromatic rings. The second kappa shape index (κ2) is 5.33. The zero-order valence-corrected chi connectivity index (χ0v) is 11.7. The van der Waals surface area contributed by atoms with Gasteiger partial charge in [0.1, 0.15) is 5.92 Å². The molecular weight excluding hydrogens is 270 g/mol. The Morgan fingerprint density at radius 2 is 1.76 bits per heavy atom. The van der Waals surface area contributed by atoms with E-state index in [0.29, 0.717) is 5.69 Å². The summed E-state index contributed by atoms with van der Waals surface area (Å²) in [6.45, 7) is 2.06. The standard InChI is InChI=1S/C16H17NO4/c1-2-9-3-5-10(6-4-9)17-15(18)13-11-7-8-12(21-11)14(13)16(19)20/h3-8,11-14H,2H2,1H3,(H,17,18)(H,19,20)/t11-,12+,13+,14+/m1/s1. The summed E-state index contributed by atoms with van der Waals surface area (Å²) in [6, 6.07) is 7.55. The molecule has 0 radical (unpaired) electrons. The van der Waals surface area contributed by atoms with Crippen molar-refractivity contribution in [3.05, 3.63) is 42.0 Å². The van der Waals surface area contributed by atoms with E-state index >= 15 is 0 Å². The molecule has 0 unspecified atom stereocenters. The predicted octanol–water partition coefficient (Wildman–Crippen LogP) is 1.84. The van der Waals surface area contributed by atoms with E-state index in [2.05, 4.69) is 12.2 Å². The lowest BCUT2D eigenvalue weighted by Crippen LogP contribution is -2.39. The fourth-order valence-corrected chi connectivity index (χ4v) is 2.96. The van der Waals surface area contributed by atoms with Crippen LogP contribution in [0.2, 0.25) is 0 Å². The molecule has 0 aromatic heterocycles. The third-order valence-corrected chi connectivity index (χ3v) is 4.12. The third kappa shape index (κ3) is 2.45. The first-order valence-electron chi connectivity index (χ1n) is 7.06. The van der Waals surface area contributed by atoms with Crippen molar-refractivity contribution < 1.29 is 19.4 Å². The number of carboxylic acid groups (broad SMARTS) is 1. The summed E-state index contributed by atoms with van der Waals surface area (Å²) in [5.74, 6) is -2.78. The highest BCUT2D eigenvalue weighted by Gasteiger charge is 2.53. The monoisotopic (exact) mass is 287 g/mol. The minimum atomic E-state index is -0.992. The van der Waals surface area contributed by atoms with Gasteiger partial charge in [-0.1, -0.05) is 31.2 Å². The number of benzene rings is 1. The molecule has 1 aromatic carbocycles. The quantitative estimate of drug-likeness (QED) is 0.829. The zero-order chi connectivity index (χ0) is 15.0. The zero-order valence-electron chi connectivity index (χ0n) is 11.7. The predicted molar refractivity (Wildman–Crippen MR) is 76.9 cm³/mol. The summed E-state index contributed by atoms with van der Waals surface area (Å²) >= 11 is 0. The van der Waals surface area contributed by atoms with Gasteiger partial charge in [-0.25, -0.2) is 0 Å². The second-order valence-electron chi connectivity index (χ2n) is 5.38. The maximum Gasteiger partial charge on any atom is 0.310 e. The first-order valence-corrected chi connectivity index (χ1v) is 7.06. The van der Waals surface area contributed by atoms with Crippen LogP contribution in [0.25, 0.3) is 0 Å². The molecule has 2 N–H and O–H groups in total. The number of fused-ring (bicyclic) bond motifs is 2. The fourth-order valence-electron chi connectivity index (χ4n) is 2.96. The van der Waals surface area contributed by atoms with Gasteiger partial charge in [-0.2, -0.15) is 0 Å². The van der Waals surface area contributed by atoms with Gasteiger partial charge in [0, 0.05) is 5.69 Å². The molecule has 2 aliphatic heterocycles. The van der Waals surface area contributed by atoms with Crippen LogP contribution in [0.4, 0.5) is 5.69 Å². The maximum absolute atomic E-state index is 12.4. The van der Waals surface area contributed by atoms with Crippen LogP contribution < -0.4 is 5.32 Å². The lowest BCUT2D eigenvalue weighted by atomic mass is 9.82. The van der Waals surface area contributed by atoms with Crippen LogP contribution in [0.1, 0.15) is 12.5 Å². The minimum absolute atomic E-state index is 0.302. The van der Waals surface area contributed by atoms with Crippen molar-refractivity contribution in [2.45, 2.75) is 25.6 Å². The van der Waals surface area contributed by atoms with Crippen molar-refractivity contribution in [1.29, 1.82) is 0 Å². The van der Waals surface area contributed by atoms with Crippen LogP contribution in [0, 0.1) is 11.8 Å². The average molecular weight is 287 g/mol. The molecule has 4 atom stereocenters. The van der Waals surface area contributed by atoms with Gasteiger partial charge in [-0.05, 0) is 24.1 Å². The van der Waals surface area contributed by atoms with E-state index in [1.807, 2.05) is 24.3 Å². The first kappa shape index (κ1) is 13.8. The van der Waals surface area contributed by atoms with E-state index in [-0.39, 0.29) is 5.91 Å². The number of ether oxygens (including phenoxy) is 1. The first-order chi connectivity index (χ1) is 10.1. The smallest absolute Gasteiger partial charge is 0.310 e. The Morgan fingerprint density at radius 3 is 2.33 bits per heavy atom. The van der Waals surface area contributed by atoms with Crippen molar-refractivity contribution in [1.82, 2.24) is 0 Å². The highest BCUT2D eigenvalue weighted by Crippen LogP contribution is 2.39. The summed E-state index contributed by atoms with van der Waals surface area (Å²) in [7, 11) is 0. The van der Waals surface area contributed by atoms with E-state index in [9.17, 15) is 14.7 Å². The van der Waals surface area contributed by atoms with Crippen LogP contribution >= 0.6 is 0 Å². The Labute approximate surface area is 122 Å². The van der Waals surface area contributed by atoms with Crippen LogP contribution in [0.5, 0.6) is 0 Å². The number of aryl methyl sites for hydroxylation is 1. The van der Waals surface area contributed by atoms with Gasteiger partial charge in [0.25, 0.3) is 0 Å². The summed E-state index contributed by atoms with van der Waals surface area (Å²) < 4.78 is 5.50. The number of nitrogens with one attached hydrogen (secondary N) is 1. The van der Waals surface area contributed by atoms with Crippen molar-refractivity contribution in [3.8, 4) is 0 Å². The largest absolute Gasteiger partial charge is 0.481 e. The highest BCUT2D eigenvalue weighted by atomic mass is 16.5. The van der Waals surface area contributed by atoms with Gasteiger partial charge >= 0.3 is 5.97 Å². The van der Waals surface area contributed by atoms with Crippen LogP contribution in [-0.2, 0) is 20.7 Å². The summed E-state index contributed by atoms with van der Waals surface area (Å²) in [5.41, 5.74) is 1.86. The van der Waals surface area contributed by atoms with Crippen molar-refractivity contribution in [2.75, 3.05) is 5.32 Å². The molecule has 1 saturated heterocycles. The van der Waals surface area contributed by atoms with Crippen molar-refractivity contribution in [2.24, 2.45) is 11.8 Å². The minimum Gasteiger partial charge on any atom is -0.481 e. The Bertz CT molecular complexity index is 593. The average Bonchev–Trinajstić information content (AvgIpc) is 3.08. The van der Waals surface area contributed by atoms with E-state index in [0.717, 1.165) is 6.42 Å². The number of anilines is 1. The lowest BCUT2D eigenvalue weighted by Gasteiger charge is -2.21. The van der Waals surface area contributed by atoms with E-state index in [1.54, 1.807) is 12.2 Å². The molecule has 5 nitrogen and oxygen atoms in total. The van der Waals surface area contributed by atoms with Gasteiger partial charge in [-0.15, -0.1) is 0 Å². The molecule has 110 valence electrons. The summed E-state index contributed by atoms with van der Waals surface area (Å²) in [4.78, 5) is 23.7. The normalized spacial score (nSPS) is 29.6. The van der Waals surface area contributed by atoms with E-state index in [4.69, 9.17) is 4.74 Å². The molecule has 2 bridgehead atoms. The van der Waals surface area contributed by atoms with Crippen LogP contribution in [0.3, 0.4) is 0 Å². The molecule has 3 rings (SSSR count). The number of amides is 1. The SMILES string of the molecule is CCc1ccc(NC(=O)[C@@H]2[C@@H](C(=O)O)[C@@H]3C=C[C@H]2O3)cc1.